The number of ether oxygens (including phenoxy) is 2. The Morgan fingerprint density at radius 1 is 1.50 bits per heavy atom. The van der Waals surface area contributed by atoms with Crippen LogP contribution in [0.25, 0.3) is 0 Å². The summed E-state index contributed by atoms with van der Waals surface area (Å²) in [4.78, 5) is 12.0. The molecule has 1 aromatic carbocycles. The van der Waals surface area contributed by atoms with E-state index < -0.39 is 0 Å². The molecule has 1 heterocycles. The summed E-state index contributed by atoms with van der Waals surface area (Å²) in [5.41, 5.74) is 6.55. The predicted molar refractivity (Wildman–Crippen MR) is 76.4 cm³/mol. The number of amides is 1. The molecule has 2 rings (SSSR count). The van der Waals surface area contributed by atoms with Crippen molar-refractivity contribution in [3.8, 4) is 5.75 Å². The summed E-state index contributed by atoms with van der Waals surface area (Å²) in [5, 5.41) is 2.89. The topological polar surface area (TPSA) is 73.6 Å². The van der Waals surface area contributed by atoms with Gasteiger partial charge < -0.3 is 20.5 Å². The molecule has 5 heteroatoms. The zero-order chi connectivity index (χ0) is 14.4. The molecule has 1 amide bonds. The van der Waals surface area contributed by atoms with Gasteiger partial charge in [0.05, 0.1) is 12.7 Å². The lowest BCUT2D eigenvalue weighted by molar-refractivity contribution is -0.132. The van der Waals surface area contributed by atoms with E-state index in [1.165, 1.54) is 0 Å². The maximum absolute atomic E-state index is 12.0. The maximum Gasteiger partial charge on any atom is 0.249 e. The second-order valence-electron chi connectivity index (χ2n) is 4.86. The van der Waals surface area contributed by atoms with Crippen molar-refractivity contribution in [3.63, 3.8) is 0 Å². The van der Waals surface area contributed by atoms with Crippen molar-refractivity contribution in [2.75, 3.05) is 13.2 Å². The van der Waals surface area contributed by atoms with Crippen LogP contribution < -0.4 is 15.8 Å². The summed E-state index contributed by atoms with van der Waals surface area (Å²) >= 11 is 0. The van der Waals surface area contributed by atoms with E-state index in [0.717, 1.165) is 24.2 Å². The summed E-state index contributed by atoms with van der Waals surface area (Å²) in [6, 6.07) is 7.71. The highest BCUT2D eigenvalue weighted by molar-refractivity contribution is 5.81. The summed E-state index contributed by atoms with van der Waals surface area (Å²) in [6.07, 6.45) is 1.26. The molecule has 0 radical (unpaired) electrons. The monoisotopic (exact) mass is 278 g/mol. The fraction of sp³-hybridized carbons (Fsp3) is 0.533. The Balaban J connectivity index is 1.82. The molecular weight excluding hydrogens is 256 g/mol. The molecule has 2 unspecified atom stereocenters. The molecule has 110 valence electrons. The molecule has 5 nitrogen and oxygen atoms in total. The Bertz CT molecular complexity index is 450. The van der Waals surface area contributed by atoms with Crippen LogP contribution in [0.5, 0.6) is 5.75 Å². The number of rotatable bonds is 6. The SMILES string of the molecule is CCOc1cccc(CNC(=O)C2CCC(CN)O2)c1. The Morgan fingerprint density at radius 3 is 3.05 bits per heavy atom. The number of carbonyl (C=O) groups is 1. The standard InChI is InChI=1S/C15H22N2O3/c1-2-19-12-5-3-4-11(8-12)10-17-15(18)14-7-6-13(9-16)20-14/h3-5,8,13-14H,2,6-7,9-10,16H2,1H3,(H,17,18). The van der Waals surface area contributed by atoms with Crippen molar-refractivity contribution in [1.29, 1.82) is 0 Å². The second-order valence-corrected chi connectivity index (χ2v) is 4.86. The lowest BCUT2D eigenvalue weighted by Crippen LogP contribution is -2.35. The molecule has 0 bridgehead atoms. The van der Waals surface area contributed by atoms with Crippen LogP contribution in [0.15, 0.2) is 24.3 Å². The van der Waals surface area contributed by atoms with Crippen molar-refractivity contribution < 1.29 is 14.3 Å². The molecule has 0 aliphatic carbocycles. The van der Waals surface area contributed by atoms with Crippen LogP contribution in [0.1, 0.15) is 25.3 Å². The molecule has 2 atom stereocenters. The van der Waals surface area contributed by atoms with E-state index >= 15 is 0 Å². The van der Waals surface area contributed by atoms with Gasteiger partial charge in [0.15, 0.2) is 0 Å². The van der Waals surface area contributed by atoms with Crippen molar-refractivity contribution >= 4 is 5.91 Å². The zero-order valence-corrected chi connectivity index (χ0v) is 11.8. The molecule has 1 saturated heterocycles. The number of benzene rings is 1. The molecule has 0 spiro atoms. The second kappa shape index (κ2) is 7.26. The molecule has 3 N–H and O–H groups in total. The van der Waals surface area contributed by atoms with Gasteiger partial charge in [-0.1, -0.05) is 12.1 Å². The molecule has 1 aromatic rings. The van der Waals surface area contributed by atoms with Gasteiger partial charge in [-0.05, 0) is 37.5 Å². The third-order valence-electron chi connectivity index (χ3n) is 3.34. The van der Waals surface area contributed by atoms with Gasteiger partial charge in [-0.2, -0.15) is 0 Å². The first-order valence-corrected chi connectivity index (χ1v) is 7.08. The molecule has 20 heavy (non-hydrogen) atoms. The zero-order valence-electron chi connectivity index (χ0n) is 11.8. The Labute approximate surface area is 119 Å². The number of hydrogen-bond donors (Lipinski definition) is 2. The largest absolute Gasteiger partial charge is 0.494 e. The molecule has 1 fully saturated rings. The molecular formula is C15H22N2O3. The number of nitrogens with one attached hydrogen (secondary N) is 1. The smallest absolute Gasteiger partial charge is 0.249 e. The first-order valence-electron chi connectivity index (χ1n) is 7.08. The van der Waals surface area contributed by atoms with Gasteiger partial charge in [-0.15, -0.1) is 0 Å². The van der Waals surface area contributed by atoms with Gasteiger partial charge in [0, 0.05) is 13.1 Å². The Hall–Kier alpha value is -1.59. The van der Waals surface area contributed by atoms with Crippen molar-refractivity contribution in [2.24, 2.45) is 5.73 Å². The lowest BCUT2D eigenvalue weighted by Gasteiger charge is -2.13. The molecule has 1 aliphatic rings. The quantitative estimate of drug-likeness (QED) is 0.820. The minimum Gasteiger partial charge on any atom is -0.494 e. The lowest BCUT2D eigenvalue weighted by atomic mass is 10.1. The highest BCUT2D eigenvalue weighted by Gasteiger charge is 2.29. The summed E-state index contributed by atoms with van der Waals surface area (Å²) in [6.45, 7) is 3.53. The van der Waals surface area contributed by atoms with Gasteiger partial charge in [-0.3, -0.25) is 4.79 Å². The summed E-state index contributed by atoms with van der Waals surface area (Å²) < 4.78 is 11.0. The van der Waals surface area contributed by atoms with Gasteiger partial charge in [0.25, 0.3) is 0 Å². The third-order valence-corrected chi connectivity index (χ3v) is 3.34. The summed E-state index contributed by atoms with van der Waals surface area (Å²) in [5.74, 6) is 0.752. The number of nitrogens with two attached hydrogens (primary N) is 1. The third kappa shape index (κ3) is 3.95. The van der Waals surface area contributed by atoms with Gasteiger partial charge in [-0.25, -0.2) is 0 Å². The predicted octanol–water partition coefficient (Wildman–Crippen LogP) is 1.21. The van der Waals surface area contributed by atoms with E-state index in [1.54, 1.807) is 0 Å². The van der Waals surface area contributed by atoms with Crippen LogP contribution in [0.3, 0.4) is 0 Å². The Morgan fingerprint density at radius 2 is 2.35 bits per heavy atom. The first kappa shape index (κ1) is 14.8. The van der Waals surface area contributed by atoms with E-state index in [-0.39, 0.29) is 18.1 Å². The molecule has 1 aliphatic heterocycles. The van der Waals surface area contributed by atoms with Crippen molar-refractivity contribution in [1.82, 2.24) is 5.32 Å². The van der Waals surface area contributed by atoms with Gasteiger partial charge in [0.1, 0.15) is 11.9 Å². The van der Waals surface area contributed by atoms with Crippen LogP contribution in [0, 0.1) is 0 Å². The minimum absolute atomic E-state index is 0.0204. The van der Waals surface area contributed by atoms with E-state index in [9.17, 15) is 4.79 Å². The number of carbonyl (C=O) groups excluding carboxylic acids is 1. The fourth-order valence-corrected chi connectivity index (χ4v) is 2.29. The van der Waals surface area contributed by atoms with Gasteiger partial charge >= 0.3 is 0 Å². The van der Waals surface area contributed by atoms with Gasteiger partial charge in [0.2, 0.25) is 5.91 Å². The highest BCUT2D eigenvalue weighted by atomic mass is 16.5. The van der Waals surface area contributed by atoms with E-state index in [4.69, 9.17) is 15.2 Å². The fourth-order valence-electron chi connectivity index (χ4n) is 2.29. The van der Waals surface area contributed by atoms with E-state index in [1.807, 2.05) is 31.2 Å². The Kier molecular flexibility index (Phi) is 5.38. The number of hydrogen-bond acceptors (Lipinski definition) is 4. The van der Waals surface area contributed by atoms with Crippen LogP contribution in [-0.2, 0) is 16.1 Å². The highest BCUT2D eigenvalue weighted by Crippen LogP contribution is 2.19. The molecule has 0 saturated carbocycles. The van der Waals surface area contributed by atoms with Crippen molar-refractivity contribution in [3.05, 3.63) is 29.8 Å². The van der Waals surface area contributed by atoms with E-state index in [2.05, 4.69) is 5.32 Å². The van der Waals surface area contributed by atoms with Crippen LogP contribution in [0.4, 0.5) is 0 Å². The van der Waals surface area contributed by atoms with Crippen LogP contribution in [-0.4, -0.2) is 31.3 Å². The van der Waals surface area contributed by atoms with Crippen LogP contribution in [0.2, 0.25) is 0 Å². The van der Waals surface area contributed by atoms with E-state index in [0.29, 0.717) is 19.7 Å². The maximum atomic E-state index is 12.0. The first-order chi connectivity index (χ1) is 9.72. The van der Waals surface area contributed by atoms with Crippen LogP contribution >= 0.6 is 0 Å². The summed E-state index contributed by atoms with van der Waals surface area (Å²) in [7, 11) is 0. The average Bonchev–Trinajstić information content (AvgIpc) is 2.94. The van der Waals surface area contributed by atoms with Crippen molar-refractivity contribution in [2.45, 2.75) is 38.5 Å². The molecule has 0 aromatic heterocycles. The minimum atomic E-state index is -0.362. The normalized spacial score (nSPS) is 21.7. The average molecular weight is 278 g/mol.